The normalized spacial score (nSPS) is 18.0. The summed E-state index contributed by atoms with van der Waals surface area (Å²) in [6.07, 6.45) is 3.95. The standard InChI is InChI=1S/C15H14N/c1-2-7-14-11(4-1)8-9-15-13-6-3-5-12(13)10-16(14)15/h1-2,4,7-9H,3,5-6,10H2/q+1. The summed E-state index contributed by atoms with van der Waals surface area (Å²) in [6, 6.07) is 13.3. The van der Waals surface area contributed by atoms with Crippen molar-refractivity contribution in [3.05, 3.63) is 47.7 Å². The zero-order valence-electron chi connectivity index (χ0n) is 9.24. The van der Waals surface area contributed by atoms with Crippen LogP contribution in [0.4, 0.5) is 0 Å². The van der Waals surface area contributed by atoms with E-state index < -0.39 is 0 Å². The smallest absolute Gasteiger partial charge is 0.188 e. The number of aromatic nitrogens is 1. The van der Waals surface area contributed by atoms with E-state index in [1.807, 2.05) is 0 Å². The first-order valence-electron chi connectivity index (χ1n) is 6.06. The molecule has 0 spiro atoms. The molecule has 0 amide bonds. The number of allylic oxidation sites excluding steroid dienone is 2. The first-order valence-corrected chi connectivity index (χ1v) is 6.06. The highest BCUT2D eigenvalue weighted by Crippen LogP contribution is 2.36. The van der Waals surface area contributed by atoms with Gasteiger partial charge in [-0.25, -0.2) is 0 Å². The lowest BCUT2D eigenvalue weighted by atomic mass is 10.1. The van der Waals surface area contributed by atoms with E-state index in [1.54, 1.807) is 11.1 Å². The zero-order valence-corrected chi connectivity index (χ0v) is 9.24. The first kappa shape index (κ1) is 8.51. The molecule has 0 saturated heterocycles. The van der Waals surface area contributed by atoms with Crippen LogP contribution in [0.1, 0.15) is 25.0 Å². The fourth-order valence-electron chi connectivity index (χ4n) is 3.18. The number of benzene rings is 1. The fourth-order valence-corrected chi connectivity index (χ4v) is 3.18. The number of hydrogen-bond acceptors (Lipinski definition) is 0. The molecule has 0 radical (unpaired) electrons. The lowest BCUT2D eigenvalue weighted by Gasteiger charge is -2.02. The number of fused-ring (bicyclic) bond motifs is 4. The van der Waals surface area contributed by atoms with Gasteiger partial charge in [-0.2, -0.15) is 4.57 Å². The molecule has 2 aliphatic rings. The van der Waals surface area contributed by atoms with Gasteiger partial charge in [0.05, 0.1) is 0 Å². The van der Waals surface area contributed by atoms with Crippen molar-refractivity contribution in [1.29, 1.82) is 0 Å². The Morgan fingerprint density at radius 3 is 2.88 bits per heavy atom. The quantitative estimate of drug-likeness (QED) is 0.586. The van der Waals surface area contributed by atoms with E-state index in [-0.39, 0.29) is 0 Å². The third-order valence-electron chi connectivity index (χ3n) is 3.93. The Morgan fingerprint density at radius 1 is 0.938 bits per heavy atom. The van der Waals surface area contributed by atoms with Crippen LogP contribution in [0.5, 0.6) is 0 Å². The third kappa shape index (κ3) is 0.981. The largest absolute Gasteiger partial charge is 0.213 e. The van der Waals surface area contributed by atoms with Crippen molar-refractivity contribution in [3.8, 4) is 0 Å². The van der Waals surface area contributed by atoms with Crippen LogP contribution in [0.2, 0.25) is 0 Å². The minimum Gasteiger partial charge on any atom is -0.188 e. The van der Waals surface area contributed by atoms with Gasteiger partial charge in [-0.3, -0.25) is 0 Å². The maximum Gasteiger partial charge on any atom is 0.213 e. The summed E-state index contributed by atoms with van der Waals surface area (Å²) in [5.41, 5.74) is 6.16. The molecule has 1 aromatic carbocycles. The Bertz CT molecular complexity index is 622. The monoisotopic (exact) mass is 208 g/mol. The van der Waals surface area contributed by atoms with Gasteiger partial charge in [0.25, 0.3) is 0 Å². The van der Waals surface area contributed by atoms with Crippen molar-refractivity contribution in [3.63, 3.8) is 0 Å². The van der Waals surface area contributed by atoms with Gasteiger partial charge in [0, 0.05) is 28.7 Å². The van der Waals surface area contributed by atoms with E-state index in [0.717, 1.165) is 6.54 Å². The fraction of sp³-hybridized carbons (Fsp3) is 0.267. The number of hydrogen-bond donors (Lipinski definition) is 0. The molecule has 16 heavy (non-hydrogen) atoms. The lowest BCUT2D eigenvalue weighted by molar-refractivity contribution is -0.660. The zero-order chi connectivity index (χ0) is 10.5. The number of nitrogens with zero attached hydrogens (tertiary/aromatic N) is 1. The minimum absolute atomic E-state index is 1.13. The number of rotatable bonds is 0. The Labute approximate surface area is 95.0 Å². The predicted molar refractivity (Wildman–Crippen MR) is 64.9 cm³/mol. The number of para-hydroxylation sites is 1. The van der Waals surface area contributed by atoms with Crippen molar-refractivity contribution in [2.24, 2.45) is 0 Å². The van der Waals surface area contributed by atoms with Gasteiger partial charge in [-0.15, -0.1) is 0 Å². The Kier molecular flexibility index (Phi) is 1.57. The molecule has 1 nitrogen and oxygen atoms in total. The second-order valence-corrected chi connectivity index (χ2v) is 4.80. The van der Waals surface area contributed by atoms with Gasteiger partial charge in [-0.1, -0.05) is 12.1 Å². The molecule has 1 aliphatic heterocycles. The predicted octanol–water partition coefficient (Wildman–Crippen LogP) is 3.08. The molecule has 1 aromatic heterocycles. The molecule has 0 atom stereocenters. The summed E-state index contributed by atoms with van der Waals surface area (Å²) in [7, 11) is 0. The maximum absolute atomic E-state index is 2.49. The molecule has 78 valence electrons. The Hall–Kier alpha value is -1.63. The number of pyridine rings is 1. The topological polar surface area (TPSA) is 3.88 Å². The molecule has 0 N–H and O–H groups in total. The van der Waals surface area contributed by atoms with E-state index in [2.05, 4.69) is 41.0 Å². The molecule has 1 heteroatoms. The Balaban J connectivity index is 2.04. The van der Waals surface area contributed by atoms with E-state index in [0.29, 0.717) is 0 Å². The van der Waals surface area contributed by atoms with E-state index in [9.17, 15) is 0 Å². The molecule has 0 bridgehead atoms. The summed E-state index contributed by atoms with van der Waals surface area (Å²) in [5.74, 6) is 0. The molecule has 2 heterocycles. The molecule has 4 rings (SSSR count). The van der Waals surface area contributed by atoms with Crippen LogP contribution in [-0.2, 0) is 6.54 Å². The van der Waals surface area contributed by atoms with Crippen LogP contribution in [0, 0.1) is 0 Å². The summed E-state index contributed by atoms with van der Waals surface area (Å²) in [5, 5.41) is 1.35. The van der Waals surface area contributed by atoms with Crippen LogP contribution >= 0.6 is 0 Å². The molecule has 0 unspecified atom stereocenters. The Morgan fingerprint density at radius 2 is 1.88 bits per heavy atom. The molecule has 1 aliphatic carbocycles. The average molecular weight is 208 g/mol. The lowest BCUT2D eigenvalue weighted by Crippen LogP contribution is -2.35. The van der Waals surface area contributed by atoms with Crippen molar-refractivity contribution in [1.82, 2.24) is 0 Å². The van der Waals surface area contributed by atoms with Crippen molar-refractivity contribution in [2.45, 2.75) is 25.8 Å². The van der Waals surface area contributed by atoms with Crippen LogP contribution in [0.15, 0.2) is 42.0 Å². The molecular weight excluding hydrogens is 194 g/mol. The van der Waals surface area contributed by atoms with Crippen LogP contribution in [0.3, 0.4) is 0 Å². The SMILES string of the molecule is c1ccc2c(c1)ccc1[n+]2CC2=C1CCC2. The van der Waals surface area contributed by atoms with Gasteiger partial charge in [0.2, 0.25) is 11.2 Å². The van der Waals surface area contributed by atoms with Crippen LogP contribution in [-0.4, -0.2) is 0 Å². The van der Waals surface area contributed by atoms with E-state index >= 15 is 0 Å². The maximum atomic E-state index is 2.49. The molecular formula is C15H14N+. The van der Waals surface area contributed by atoms with Crippen molar-refractivity contribution in [2.75, 3.05) is 0 Å². The summed E-state index contributed by atoms with van der Waals surface area (Å²) >= 11 is 0. The average Bonchev–Trinajstić information content (AvgIpc) is 2.88. The van der Waals surface area contributed by atoms with Crippen LogP contribution in [0.25, 0.3) is 16.5 Å². The highest BCUT2D eigenvalue weighted by atomic mass is 15.0. The van der Waals surface area contributed by atoms with E-state index in [4.69, 9.17) is 0 Å². The summed E-state index contributed by atoms with van der Waals surface area (Å²) in [6.45, 7) is 1.13. The van der Waals surface area contributed by atoms with Gasteiger partial charge in [-0.05, 0) is 31.4 Å². The highest BCUT2D eigenvalue weighted by Gasteiger charge is 2.32. The van der Waals surface area contributed by atoms with Gasteiger partial charge < -0.3 is 0 Å². The second kappa shape index (κ2) is 2.94. The third-order valence-corrected chi connectivity index (χ3v) is 3.93. The van der Waals surface area contributed by atoms with Gasteiger partial charge in [0.1, 0.15) is 0 Å². The molecule has 2 aromatic rings. The van der Waals surface area contributed by atoms with Gasteiger partial charge >= 0.3 is 0 Å². The minimum atomic E-state index is 1.13. The van der Waals surface area contributed by atoms with E-state index in [1.165, 1.54) is 35.9 Å². The first-order chi connectivity index (χ1) is 7.93. The summed E-state index contributed by atoms with van der Waals surface area (Å²) < 4.78 is 2.49. The molecule has 0 fully saturated rings. The van der Waals surface area contributed by atoms with Gasteiger partial charge in [0.15, 0.2) is 6.54 Å². The van der Waals surface area contributed by atoms with Crippen molar-refractivity contribution >= 4 is 16.5 Å². The summed E-state index contributed by atoms with van der Waals surface area (Å²) in [4.78, 5) is 0. The van der Waals surface area contributed by atoms with Crippen LogP contribution < -0.4 is 4.57 Å². The molecule has 0 saturated carbocycles. The highest BCUT2D eigenvalue weighted by molar-refractivity contribution is 5.79. The van der Waals surface area contributed by atoms with Crippen molar-refractivity contribution < 1.29 is 4.57 Å². The second-order valence-electron chi connectivity index (χ2n) is 4.80.